The summed E-state index contributed by atoms with van der Waals surface area (Å²) in [5, 5.41) is 11.2. The predicted octanol–water partition coefficient (Wildman–Crippen LogP) is 2.83. The van der Waals surface area contributed by atoms with Gasteiger partial charge in [-0.15, -0.1) is 0 Å². The van der Waals surface area contributed by atoms with Crippen LogP contribution in [0.4, 0.5) is 5.82 Å². The lowest BCUT2D eigenvalue weighted by Gasteiger charge is -2.28. The minimum Gasteiger partial charge on any atom is -0.398 e. The fourth-order valence-corrected chi connectivity index (χ4v) is 4.43. The normalized spacial score (nSPS) is 15.5. The van der Waals surface area contributed by atoms with Crippen molar-refractivity contribution in [1.29, 1.82) is 0 Å². The van der Waals surface area contributed by atoms with Gasteiger partial charge in [0.1, 0.15) is 11.9 Å². The number of ether oxygens (including phenoxy) is 1. The molecule has 0 saturated carbocycles. The van der Waals surface area contributed by atoms with Crippen LogP contribution in [0.5, 0.6) is 0 Å². The van der Waals surface area contributed by atoms with Gasteiger partial charge >= 0.3 is 0 Å². The highest BCUT2D eigenvalue weighted by atomic mass is 16.5. The fourth-order valence-electron chi connectivity index (χ4n) is 4.43. The van der Waals surface area contributed by atoms with Crippen LogP contribution < -0.4 is 10.6 Å². The summed E-state index contributed by atoms with van der Waals surface area (Å²) in [5.74, 6) is 1.81. The van der Waals surface area contributed by atoms with E-state index in [4.69, 9.17) is 25.4 Å². The lowest BCUT2D eigenvalue weighted by Crippen LogP contribution is -2.37. The Balaban J connectivity index is 1.69. The van der Waals surface area contributed by atoms with Crippen molar-refractivity contribution in [2.75, 3.05) is 38.3 Å². The number of aliphatic hydroxyl groups excluding tert-OH is 1. The van der Waals surface area contributed by atoms with Crippen LogP contribution in [-0.2, 0) is 11.3 Å². The van der Waals surface area contributed by atoms with Gasteiger partial charge in [0.25, 0.3) is 0 Å². The standard InChI is InChI=1S/C27H30N8O2/c1-3-35-26-22(31-27(35)23(36)18-7-11-30-12-8-18)25(34-13-15-37-16-14-34)32-24(33-26)20-6-4-5-19(17-20)21(28)9-10-29-2/h4-12,17,23,36H,3,13-16,28H2,1-2H3/b21-9-,29-10?. The fraction of sp³-hybridized carbons (Fsp3) is 0.296. The van der Waals surface area contributed by atoms with E-state index in [1.165, 1.54) is 0 Å². The van der Waals surface area contributed by atoms with E-state index in [0.717, 1.165) is 16.9 Å². The Labute approximate surface area is 215 Å². The number of aromatic nitrogens is 5. The van der Waals surface area contributed by atoms with E-state index in [-0.39, 0.29) is 0 Å². The molecule has 3 N–H and O–H groups in total. The summed E-state index contributed by atoms with van der Waals surface area (Å²) < 4.78 is 7.53. The molecule has 37 heavy (non-hydrogen) atoms. The van der Waals surface area contributed by atoms with E-state index in [1.54, 1.807) is 43.9 Å². The molecule has 1 saturated heterocycles. The summed E-state index contributed by atoms with van der Waals surface area (Å²) in [6, 6.07) is 11.4. The van der Waals surface area contributed by atoms with Crippen LogP contribution in [-0.4, -0.2) is 69.2 Å². The van der Waals surface area contributed by atoms with Gasteiger partial charge in [-0.05, 0) is 42.3 Å². The number of nitrogens with two attached hydrogens (primary N) is 1. The van der Waals surface area contributed by atoms with Crippen LogP contribution >= 0.6 is 0 Å². The first-order valence-corrected chi connectivity index (χ1v) is 12.3. The van der Waals surface area contributed by atoms with Crippen LogP contribution in [0, 0.1) is 0 Å². The van der Waals surface area contributed by atoms with E-state index in [9.17, 15) is 5.11 Å². The monoisotopic (exact) mass is 498 g/mol. The highest BCUT2D eigenvalue weighted by Crippen LogP contribution is 2.32. The largest absolute Gasteiger partial charge is 0.398 e. The molecule has 1 unspecified atom stereocenters. The second-order valence-corrected chi connectivity index (χ2v) is 8.65. The maximum Gasteiger partial charge on any atom is 0.166 e. The molecule has 1 fully saturated rings. The molecule has 1 aromatic carbocycles. The van der Waals surface area contributed by atoms with Crippen LogP contribution in [0.15, 0.2) is 59.9 Å². The predicted molar refractivity (Wildman–Crippen MR) is 144 cm³/mol. The van der Waals surface area contributed by atoms with Crippen molar-refractivity contribution in [2.45, 2.75) is 19.6 Å². The van der Waals surface area contributed by atoms with Crippen molar-refractivity contribution in [1.82, 2.24) is 24.5 Å². The van der Waals surface area contributed by atoms with Crippen LogP contribution in [0.2, 0.25) is 0 Å². The lowest BCUT2D eigenvalue weighted by atomic mass is 10.1. The van der Waals surface area contributed by atoms with Gasteiger partial charge in [0.15, 0.2) is 22.8 Å². The van der Waals surface area contributed by atoms with E-state index in [0.29, 0.717) is 66.9 Å². The zero-order chi connectivity index (χ0) is 25.8. The van der Waals surface area contributed by atoms with Crippen molar-refractivity contribution < 1.29 is 9.84 Å². The maximum absolute atomic E-state index is 11.2. The van der Waals surface area contributed by atoms with Gasteiger partial charge in [-0.25, -0.2) is 15.0 Å². The average Bonchev–Trinajstić information content (AvgIpc) is 3.34. The molecule has 10 nitrogen and oxygen atoms in total. The first kappa shape index (κ1) is 24.5. The minimum absolute atomic E-state index is 0.518. The van der Waals surface area contributed by atoms with Crippen molar-refractivity contribution in [2.24, 2.45) is 10.7 Å². The number of rotatable bonds is 7. The zero-order valence-corrected chi connectivity index (χ0v) is 20.9. The number of benzene rings is 1. The number of aliphatic hydroxyl groups is 1. The number of fused-ring (bicyclic) bond motifs is 1. The highest BCUT2D eigenvalue weighted by Gasteiger charge is 2.26. The van der Waals surface area contributed by atoms with Gasteiger partial charge in [0.05, 0.1) is 13.2 Å². The Kier molecular flexibility index (Phi) is 7.20. The smallest absolute Gasteiger partial charge is 0.166 e. The molecule has 4 aromatic rings. The number of aryl methyl sites for hydroxylation is 1. The van der Waals surface area contributed by atoms with Gasteiger partial charge in [-0.3, -0.25) is 9.98 Å². The number of anilines is 1. The number of morpholine rings is 1. The maximum atomic E-state index is 11.2. The lowest BCUT2D eigenvalue weighted by molar-refractivity contribution is 0.122. The number of nitrogens with zero attached hydrogens (tertiary/aromatic N) is 7. The Morgan fingerprint density at radius 1 is 1.16 bits per heavy atom. The van der Waals surface area contributed by atoms with Crippen molar-refractivity contribution >= 4 is 28.9 Å². The second-order valence-electron chi connectivity index (χ2n) is 8.65. The number of hydrogen-bond acceptors (Lipinski definition) is 9. The number of pyridine rings is 1. The van der Waals surface area contributed by atoms with Gasteiger partial charge in [0, 0.05) is 56.6 Å². The van der Waals surface area contributed by atoms with Gasteiger partial charge in [-0.2, -0.15) is 0 Å². The van der Waals surface area contributed by atoms with Crippen LogP contribution in [0.1, 0.15) is 30.0 Å². The highest BCUT2D eigenvalue weighted by molar-refractivity contribution is 5.87. The number of aliphatic imine (C=N–C) groups is 1. The van der Waals surface area contributed by atoms with E-state index < -0.39 is 6.10 Å². The molecule has 1 aliphatic rings. The van der Waals surface area contributed by atoms with Crippen molar-refractivity contribution in [3.8, 4) is 11.4 Å². The third kappa shape index (κ3) is 4.93. The van der Waals surface area contributed by atoms with Crippen molar-refractivity contribution in [3.63, 3.8) is 0 Å². The molecule has 0 aliphatic carbocycles. The number of hydrogen-bond donors (Lipinski definition) is 2. The van der Waals surface area contributed by atoms with Crippen LogP contribution in [0.25, 0.3) is 28.2 Å². The Morgan fingerprint density at radius 3 is 2.68 bits per heavy atom. The quantitative estimate of drug-likeness (QED) is 0.372. The third-order valence-electron chi connectivity index (χ3n) is 6.36. The molecule has 4 heterocycles. The van der Waals surface area contributed by atoms with Gasteiger partial charge in [-0.1, -0.05) is 18.2 Å². The minimum atomic E-state index is -0.924. The Hall–Kier alpha value is -4.15. The molecule has 190 valence electrons. The molecule has 1 atom stereocenters. The second kappa shape index (κ2) is 10.9. The summed E-state index contributed by atoms with van der Waals surface area (Å²) in [5.41, 5.74) is 10.6. The molecule has 5 rings (SSSR count). The van der Waals surface area contributed by atoms with Crippen molar-refractivity contribution in [3.05, 3.63) is 71.8 Å². The first-order chi connectivity index (χ1) is 18.1. The Morgan fingerprint density at radius 2 is 1.95 bits per heavy atom. The molecule has 0 amide bonds. The average molecular weight is 499 g/mol. The Bertz CT molecular complexity index is 1440. The SMILES string of the molecule is CCn1c(C(O)c2ccncc2)nc2c(N3CCOCC3)nc(-c3cccc(/C(N)=C/C=NC)c3)nc21. The first-order valence-electron chi connectivity index (χ1n) is 12.3. The molecule has 0 spiro atoms. The van der Waals surface area contributed by atoms with E-state index in [1.807, 2.05) is 35.8 Å². The summed E-state index contributed by atoms with van der Waals surface area (Å²) in [7, 11) is 1.70. The summed E-state index contributed by atoms with van der Waals surface area (Å²) in [4.78, 5) is 25.0. The zero-order valence-electron chi connectivity index (χ0n) is 20.9. The number of imidazole rings is 1. The van der Waals surface area contributed by atoms with Gasteiger partial charge in [0.2, 0.25) is 0 Å². The molecule has 0 radical (unpaired) electrons. The van der Waals surface area contributed by atoms with Gasteiger partial charge < -0.3 is 25.0 Å². The van der Waals surface area contributed by atoms with E-state index >= 15 is 0 Å². The molecular formula is C27H30N8O2. The third-order valence-corrected chi connectivity index (χ3v) is 6.36. The molecule has 1 aliphatic heterocycles. The number of allylic oxidation sites excluding steroid dienone is 1. The summed E-state index contributed by atoms with van der Waals surface area (Å²) in [6.45, 7) is 5.20. The molecule has 10 heteroatoms. The summed E-state index contributed by atoms with van der Waals surface area (Å²) in [6.07, 6.45) is 5.83. The molecule has 0 bridgehead atoms. The topological polar surface area (TPSA) is 128 Å². The molecule has 3 aromatic heterocycles. The van der Waals surface area contributed by atoms with Crippen LogP contribution in [0.3, 0.4) is 0 Å². The summed E-state index contributed by atoms with van der Waals surface area (Å²) >= 11 is 0. The van der Waals surface area contributed by atoms with E-state index in [2.05, 4.69) is 14.9 Å². The molecular weight excluding hydrogens is 468 g/mol.